The molecule has 6 nitrogen and oxygen atoms in total. The molecule has 2 aliphatic carbocycles. The molecule has 0 aliphatic heterocycles. The van der Waals surface area contributed by atoms with E-state index in [0.717, 1.165) is 16.8 Å². The SMILES string of the molecule is CC(F)c1cnc2ccc(C3=CCc4nc(NC5CC(F)(F)C5)ncc43)nn12. The molecule has 0 spiro atoms. The summed E-state index contributed by atoms with van der Waals surface area (Å²) in [5, 5.41) is 7.50. The van der Waals surface area contributed by atoms with Gasteiger partial charge in [0, 0.05) is 42.6 Å². The molecule has 0 radical (unpaired) electrons. The number of hydrogen-bond acceptors (Lipinski definition) is 5. The van der Waals surface area contributed by atoms with Crippen LogP contribution < -0.4 is 5.32 Å². The maximum atomic E-state index is 13.8. The molecule has 1 saturated carbocycles. The van der Waals surface area contributed by atoms with E-state index in [0.29, 0.717) is 29.4 Å². The van der Waals surface area contributed by atoms with Crippen molar-refractivity contribution in [3.8, 4) is 0 Å². The fourth-order valence-electron chi connectivity index (χ4n) is 3.67. The smallest absolute Gasteiger partial charge is 0.252 e. The number of allylic oxidation sites excluding steroid dienone is 1. The summed E-state index contributed by atoms with van der Waals surface area (Å²) in [4.78, 5) is 12.9. The quantitative estimate of drug-likeness (QED) is 0.740. The first kappa shape index (κ1) is 17.2. The van der Waals surface area contributed by atoms with Crippen molar-refractivity contribution < 1.29 is 13.2 Å². The average Bonchev–Trinajstić information content (AvgIpc) is 3.23. The molecular weight excluding hydrogens is 369 g/mol. The Hall–Kier alpha value is -2.97. The van der Waals surface area contributed by atoms with Crippen LogP contribution in [0.5, 0.6) is 0 Å². The van der Waals surface area contributed by atoms with Gasteiger partial charge >= 0.3 is 0 Å². The molecule has 0 amide bonds. The van der Waals surface area contributed by atoms with Crippen LogP contribution in [0.2, 0.25) is 0 Å². The summed E-state index contributed by atoms with van der Waals surface area (Å²) >= 11 is 0. The van der Waals surface area contributed by atoms with Crippen molar-refractivity contribution in [1.82, 2.24) is 24.6 Å². The summed E-state index contributed by atoms with van der Waals surface area (Å²) in [6.45, 7) is 1.45. The van der Waals surface area contributed by atoms with Gasteiger partial charge in [0.1, 0.15) is 6.17 Å². The van der Waals surface area contributed by atoms with Gasteiger partial charge in [0.25, 0.3) is 5.92 Å². The van der Waals surface area contributed by atoms with E-state index in [-0.39, 0.29) is 18.9 Å². The van der Waals surface area contributed by atoms with Crippen molar-refractivity contribution in [1.29, 1.82) is 0 Å². The number of rotatable bonds is 4. The van der Waals surface area contributed by atoms with Crippen molar-refractivity contribution in [2.45, 2.75) is 44.3 Å². The second kappa shape index (κ2) is 6.02. The Morgan fingerprint density at radius 1 is 1.21 bits per heavy atom. The Morgan fingerprint density at radius 3 is 2.79 bits per heavy atom. The molecule has 1 unspecified atom stereocenters. The molecule has 1 fully saturated rings. The maximum absolute atomic E-state index is 13.8. The number of alkyl halides is 3. The third-order valence-corrected chi connectivity index (χ3v) is 5.15. The van der Waals surface area contributed by atoms with Crippen LogP contribution in [0.3, 0.4) is 0 Å². The normalized spacial score (nSPS) is 19.2. The van der Waals surface area contributed by atoms with E-state index >= 15 is 0 Å². The molecule has 0 saturated heterocycles. The van der Waals surface area contributed by atoms with E-state index in [1.54, 1.807) is 12.3 Å². The van der Waals surface area contributed by atoms with E-state index in [2.05, 4.69) is 25.4 Å². The largest absolute Gasteiger partial charge is 0.351 e. The fraction of sp³-hybridized carbons (Fsp3) is 0.368. The minimum Gasteiger partial charge on any atom is -0.351 e. The molecule has 1 N–H and O–H groups in total. The molecule has 9 heteroatoms. The van der Waals surface area contributed by atoms with Crippen molar-refractivity contribution in [2.75, 3.05) is 5.32 Å². The standard InChI is InChI=1S/C19H17F3N6/c1-10(20)16-9-23-17-5-4-15(27-28(16)17)12-2-3-14-13(12)8-24-18(26-14)25-11-6-19(21,22)7-11/h2,4-5,8-11H,3,6-7H2,1H3,(H,24,25,26). The topological polar surface area (TPSA) is 68.0 Å². The zero-order valence-corrected chi connectivity index (χ0v) is 15.0. The van der Waals surface area contributed by atoms with Crippen LogP contribution in [-0.4, -0.2) is 36.5 Å². The number of aromatic nitrogens is 5. The molecule has 1 atom stereocenters. The van der Waals surface area contributed by atoms with Crippen LogP contribution in [-0.2, 0) is 6.42 Å². The summed E-state index contributed by atoms with van der Waals surface area (Å²) in [7, 11) is 0. The van der Waals surface area contributed by atoms with Gasteiger partial charge in [-0.25, -0.2) is 32.6 Å². The van der Waals surface area contributed by atoms with Gasteiger partial charge in [0.05, 0.1) is 23.3 Å². The first-order chi connectivity index (χ1) is 13.4. The summed E-state index contributed by atoms with van der Waals surface area (Å²) in [6, 6.07) is 3.33. The Morgan fingerprint density at radius 2 is 2.04 bits per heavy atom. The molecule has 3 aromatic rings. The Bertz CT molecular complexity index is 1100. The van der Waals surface area contributed by atoms with E-state index in [1.807, 2.05) is 12.1 Å². The van der Waals surface area contributed by atoms with Gasteiger partial charge in [-0.3, -0.25) is 0 Å². The van der Waals surface area contributed by atoms with Crippen LogP contribution in [0.25, 0.3) is 11.2 Å². The summed E-state index contributed by atoms with van der Waals surface area (Å²) in [6.07, 6.45) is 4.18. The minimum absolute atomic E-state index is 0.193. The highest BCUT2D eigenvalue weighted by Crippen LogP contribution is 2.39. The second-order valence-electron chi connectivity index (χ2n) is 7.27. The monoisotopic (exact) mass is 386 g/mol. The van der Waals surface area contributed by atoms with E-state index in [4.69, 9.17) is 0 Å². The molecule has 144 valence electrons. The number of halogens is 3. The molecule has 2 aliphatic rings. The van der Waals surface area contributed by atoms with Crippen LogP contribution in [0.1, 0.15) is 48.6 Å². The van der Waals surface area contributed by atoms with Gasteiger partial charge in [-0.15, -0.1) is 0 Å². The van der Waals surface area contributed by atoms with Crippen molar-refractivity contribution >= 4 is 17.2 Å². The molecule has 0 bridgehead atoms. The number of hydrogen-bond donors (Lipinski definition) is 1. The first-order valence-electron chi connectivity index (χ1n) is 9.09. The fourth-order valence-corrected chi connectivity index (χ4v) is 3.67. The van der Waals surface area contributed by atoms with Crippen LogP contribution >= 0.6 is 0 Å². The molecular formula is C19H17F3N6. The molecule has 28 heavy (non-hydrogen) atoms. The highest BCUT2D eigenvalue weighted by molar-refractivity contribution is 5.82. The maximum Gasteiger partial charge on any atom is 0.252 e. The number of imidazole rings is 1. The van der Waals surface area contributed by atoms with Gasteiger partial charge in [-0.2, -0.15) is 5.10 Å². The van der Waals surface area contributed by atoms with E-state index in [1.165, 1.54) is 17.6 Å². The number of anilines is 1. The number of fused-ring (bicyclic) bond motifs is 2. The lowest BCUT2D eigenvalue weighted by atomic mass is 9.88. The molecule has 3 heterocycles. The van der Waals surface area contributed by atoms with Gasteiger partial charge in [0.2, 0.25) is 5.95 Å². The lowest BCUT2D eigenvalue weighted by molar-refractivity contribution is -0.0794. The van der Waals surface area contributed by atoms with Crippen molar-refractivity contribution in [3.63, 3.8) is 0 Å². The van der Waals surface area contributed by atoms with Crippen molar-refractivity contribution in [3.05, 3.63) is 53.2 Å². The van der Waals surface area contributed by atoms with Gasteiger partial charge in [-0.1, -0.05) is 6.08 Å². The predicted molar refractivity (Wildman–Crippen MR) is 96.9 cm³/mol. The number of nitrogens with zero attached hydrogens (tertiary/aromatic N) is 5. The Kier molecular flexibility index (Phi) is 3.68. The van der Waals surface area contributed by atoms with E-state index in [9.17, 15) is 13.2 Å². The summed E-state index contributed by atoms with van der Waals surface area (Å²) in [5.74, 6) is -2.23. The molecule has 0 aromatic carbocycles. The summed E-state index contributed by atoms with van der Waals surface area (Å²) in [5.41, 5.74) is 4.16. The molecule has 3 aromatic heterocycles. The highest BCUT2D eigenvalue weighted by atomic mass is 19.3. The second-order valence-corrected chi connectivity index (χ2v) is 7.27. The highest BCUT2D eigenvalue weighted by Gasteiger charge is 2.45. The van der Waals surface area contributed by atoms with E-state index < -0.39 is 12.1 Å². The van der Waals surface area contributed by atoms with Crippen LogP contribution in [0, 0.1) is 0 Å². The third-order valence-electron chi connectivity index (χ3n) is 5.15. The first-order valence-corrected chi connectivity index (χ1v) is 9.09. The Labute approximate surface area is 158 Å². The summed E-state index contributed by atoms with van der Waals surface area (Å²) < 4.78 is 41.3. The minimum atomic E-state index is -2.59. The van der Waals surface area contributed by atoms with Gasteiger partial charge in [0.15, 0.2) is 5.65 Å². The Balaban J connectivity index is 1.42. The number of nitrogens with one attached hydrogen (secondary N) is 1. The van der Waals surface area contributed by atoms with Gasteiger partial charge < -0.3 is 5.32 Å². The average molecular weight is 386 g/mol. The van der Waals surface area contributed by atoms with Crippen molar-refractivity contribution in [2.24, 2.45) is 0 Å². The zero-order chi connectivity index (χ0) is 19.5. The lowest BCUT2D eigenvalue weighted by Gasteiger charge is -2.35. The van der Waals surface area contributed by atoms with Gasteiger partial charge in [-0.05, 0) is 19.1 Å². The van der Waals surface area contributed by atoms with Crippen LogP contribution in [0.4, 0.5) is 19.1 Å². The zero-order valence-electron chi connectivity index (χ0n) is 15.0. The van der Waals surface area contributed by atoms with Crippen LogP contribution in [0.15, 0.2) is 30.6 Å². The molecule has 5 rings (SSSR count). The third kappa shape index (κ3) is 2.81. The lowest BCUT2D eigenvalue weighted by Crippen LogP contribution is -2.44. The predicted octanol–water partition coefficient (Wildman–Crippen LogP) is 3.75.